The number of hydrogen-bond acceptors (Lipinski definition) is 3. The van der Waals surface area contributed by atoms with Crippen LogP contribution in [0.5, 0.6) is 0 Å². The van der Waals surface area contributed by atoms with E-state index in [9.17, 15) is 0 Å². The van der Waals surface area contributed by atoms with Crippen LogP contribution in [0.1, 0.15) is 6.92 Å². The van der Waals surface area contributed by atoms with E-state index in [1.54, 1.807) is 6.92 Å². The van der Waals surface area contributed by atoms with Crippen LogP contribution < -0.4 is 5.73 Å². The van der Waals surface area contributed by atoms with Crippen LogP contribution in [-0.2, 0) is 0 Å². The first-order valence-electron chi connectivity index (χ1n) is 2.25. The number of thiol groups is 1. The lowest BCUT2D eigenvalue weighted by molar-refractivity contribution is 0.318. The Morgan fingerprint density at radius 2 is 1.86 bits per heavy atom. The summed E-state index contributed by atoms with van der Waals surface area (Å²) in [6.07, 6.45) is 0. The molecule has 0 radical (unpaired) electrons. The molecule has 3 heteroatoms. The van der Waals surface area contributed by atoms with Gasteiger partial charge in [0.2, 0.25) is 0 Å². The van der Waals surface area contributed by atoms with Crippen molar-refractivity contribution in [3.63, 3.8) is 0 Å². The van der Waals surface area contributed by atoms with Crippen LogP contribution in [0.15, 0.2) is 0 Å². The molecule has 0 spiro atoms. The van der Waals surface area contributed by atoms with Crippen molar-refractivity contribution in [2.75, 3.05) is 18.9 Å². The molecule has 7 heavy (non-hydrogen) atoms. The summed E-state index contributed by atoms with van der Waals surface area (Å²) in [7, 11) is 0. The maximum Gasteiger partial charge on any atom is 0.0402 e. The summed E-state index contributed by atoms with van der Waals surface area (Å²) in [5.41, 5.74) is 4.95. The van der Waals surface area contributed by atoms with Crippen molar-refractivity contribution in [2.24, 2.45) is 5.73 Å². The molecule has 0 aliphatic carbocycles. The number of nitrogens with two attached hydrogens (primary N) is 1. The van der Waals surface area contributed by atoms with Gasteiger partial charge in [-0.05, 0) is 6.92 Å². The first kappa shape index (κ1) is 10.3. The zero-order chi connectivity index (χ0) is 6.12. The minimum atomic E-state index is 0.250. The van der Waals surface area contributed by atoms with Gasteiger partial charge in [0.15, 0.2) is 0 Å². The normalized spacial score (nSPS) is 6.86. The highest BCUT2D eigenvalue weighted by Crippen LogP contribution is 1.58. The Morgan fingerprint density at radius 3 is 1.86 bits per heavy atom. The molecule has 0 unspecified atom stereocenters. The fraction of sp³-hybridized carbons (Fsp3) is 1.00. The Labute approximate surface area is 50.1 Å². The molecular weight excluding hydrogens is 110 g/mol. The van der Waals surface area contributed by atoms with Crippen LogP contribution in [0.4, 0.5) is 0 Å². The lowest BCUT2D eigenvalue weighted by Gasteiger charge is -1.69. The lowest BCUT2D eigenvalue weighted by atomic mass is 10.8. The van der Waals surface area contributed by atoms with Gasteiger partial charge in [0, 0.05) is 18.9 Å². The third-order valence-electron chi connectivity index (χ3n) is 0.129. The molecule has 3 N–H and O–H groups in total. The number of aliphatic hydroxyl groups excluding tert-OH is 1. The van der Waals surface area contributed by atoms with E-state index in [2.05, 4.69) is 12.6 Å². The molecular formula is C4H13NOS. The largest absolute Gasteiger partial charge is 0.397 e. The highest BCUT2D eigenvalue weighted by Gasteiger charge is 1.56. The summed E-state index contributed by atoms with van der Waals surface area (Å²) in [5, 5.41) is 7.57. The van der Waals surface area contributed by atoms with E-state index in [0.717, 1.165) is 5.75 Å². The van der Waals surface area contributed by atoms with Crippen molar-refractivity contribution < 1.29 is 5.11 Å². The highest BCUT2D eigenvalue weighted by atomic mass is 32.1. The minimum Gasteiger partial charge on any atom is -0.397 e. The van der Waals surface area contributed by atoms with Crippen LogP contribution in [-0.4, -0.2) is 24.0 Å². The predicted octanol–water partition coefficient (Wildman–Crippen LogP) is -0.127. The van der Waals surface area contributed by atoms with E-state index in [1.165, 1.54) is 0 Å². The van der Waals surface area contributed by atoms with Crippen LogP contribution >= 0.6 is 12.6 Å². The van der Waals surface area contributed by atoms with E-state index in [4.69, 9.17) is 10.8 Å². The maximum atomic E-state index is 7.57. The van der Waals surface area contributed by atoms with Gasteiger partial charge in [0.05, 0.1) is 0 Å². The molecule has 0 amide bonds. The second kappa shape index (κ2) is 16.3. The average Bonchev–Trinajstić information content (AvgIpc) is 1.69. The second-order valence-corrected chi connectivity index (χ2v) is 1.28. The quantitative estimate of drug-likeness (QED) is 0.425. The molecule has 2 nitrogen and oxygen atoms in total. The lowest BCUT2D eigenvalue weighted by Crippen LogP contribution is -1.97. The molecule has 46 valence electrons. The molecule has 0 aromatic rings. The molecule has 0 saturated heterocycles. The molecule has 0 fully saturated rings. The summed E-state index contributed by atoms with van der Waals surface area (Å²) in [5.74, 6) is 0.792. The Hall–Kier alpha value is 0.270. The van der Waals surface area contributed by atoms with Crippen molar-refractivity contribution in [1.29, 1.82) is 0 Å². The number of hydrogen-bond donors (Lipinski definition) is 3. The van der Waals surface area contributed by atoms with Crippen molar-refractivity contribution in [2.45, 2.75) is 6.92 Å². The topological polar surface area (TPSA) is 46.2 Å². The van der Waals surface area contributed by atoms with Crippen molar-refractivity contribution >= 4 is 12.6 Å². The fourth-order valence-corrected chi connectivity index (χ4v) is 0. The molecule has 0 rings (SSSR count). The molecule has 0 heterocycles. The Balaban J connectivity index is 0. The fourth-order valence-electron chi connectivity index (χ4n) is 0. The Morgan fingerprint density at radius 1 is 1.71 bits per heavy atom. The van der Waals surface area contributed by atoms with Gasteiger partial charge in [-0.1, -0.05) is 0 Å². The number of rotatable bonds is 1. The third-order valence-corrected chi connectivity index (χ3v) is 0.387. The highest BCUT2D eigenvalue weighted by molar-refractivity contribution is 7.80. The van der Waals surface area contributed by atoms with Crippen LogP contribution in [0.2, 0.25) is 0 Å². The maximum absolute atomic E-state index is 7.57. The second-order valence-electron chi connectivity index (χ2n) is 0.829. The van der Waals surface area contributed by atoms with E-state index in [-0.39, 0.29) is 6.61 Å². The molecule has 0 saturated carbocycles. The predicted molar refractivity (Wildman–Crippen MR) is 35.7 cm³/mol. The van der Waals surface area contributed by atoms with E-state index in [1.807, 2.05) is 0 Å². The summed E-state index contributed by atoms with van der Waals surface area (Å²) in [4.78, 5) is 0. The summed E-state index contributed by atoms with van der Waals surface area (Å²) in [6.45, 7) is 2.61. The van der Waals surface area contributed by atoms with Crippen LogP contribution in [0.3, 0.4) is 0 Å². The third kappa shape index (κ3) is 70.9. The first-order valence-corrected chi connectivity index (χ1v) is 2.88. The SMILES string of the molecule is CCO.NCCS. The Kier molecular flexibility index (Phi) is 23.9. The number of aliphatic hydroxyl groups is 1. The van der Waals surface area contributed by atoms with E-state index >= 15 is 0 Å². The van der Waals surface area contributed by atoms with Crippen molar-refractivity contribution in [1.82, 2.24) is 0 Å². The minimum absolute atomic E-state index is 0.250. The molecule has 0 aliphatic heterocycles. The van der Waals surface area contributed by atoms with Crippen LogP contribution in [0, 0.1) is 0 Å². The Bertz CT molecular complexity index is 19.2. The zero-order valence-electron chi connectivity index (χ0n) is 4.59. The molecule has 0 aliphatic rings. The van der Waals surface area contributed by atoms with E-state index < -0.39 is 0 Å². The van der Waals surface area contributed by atoms with Gasteiger partial charge in [-0.2, -0.15) is 12.6 Å². The van der Waals surface area contributed by atoms with Gasteiger partial charge in [-0.3, -0.25) is 0 Å². The molecule has 0 atom stereocenters. The summed E-state index contributed by atoms with van der Waals surface area (Å²) in [6, 6.07) is 0. The van der Waals surface area contributed by atoms with Gasteiger partial charge >= 0.3 is 0 Å². The standard InChI is InChI=1S/C2H7NS.C2H6O/c3-1-2-4;1-2-3/h4H,1-3H2;3H,2H2,1H3. The van der Waals surface area contributed by atoms with Gasteiger partial charge in [-0.15, -0.1) is 0 Å². The monoisotopic (exact) mass is 123 g/mol. The van der Waals surface area contributed by atoms with Crippen molar-refractivity contribution in [3.8, 4) is 0 Å². The van der Waals surface area contributed by atoms with E-state index in [0.29, 0.717) is 6.54 Å². The smallest absolute Gasteiger partial charge is 0.0402 e. The first-order chi connectivity index (χ1) is 3.33. The summed E-state index contributed by atoms with van der Waals surface area (Å²) >= 11 is 3.80. The van der Waals surface area contributed by atoms with Crippen LogP contribution in [0.25, 0.3) is 0 Å². The van der Waals surface area contributed by atoms with Gasteiger partial charge < -0.3 is 10.8 Å². The molecule has 0 bridgehead atoms. The average molecular weight is 123 g/mol. The molecule has 0 aromatic heterocycles. The van der Waals surface area contributed by atoms with Gasteiger partial charge in [0.1, 0.15) is 0 Å². The zero-order valence-corrected chi connectivity index (χ0v) is 5.49. The van der Waals surface area contributed by atoms with Gasteiger partial charge in [0.25, 0.3) is 0 Å². The van der Waals surface area contributed by atoms with Crippen molar-refractivity contribution in [3.05, 3.63) is 0 Å². The van der Waals surface area contributed by atoms with Gasteiger partial charge in [-0.25, -0.2) is 0 Å². The summed E-state index contributed by atoms with van der Waals surface area (Å²) < 4.78 is 0. The molecule has 0 aromatic carbocycles.